The number of halogens is 1. The first kappa shape index (κ1) is 18.0. The molecule has 5 nitrogen and oxygen atoms in total. The SMILES string of the molecule is Cc1ccc(F)c(N2CCCC(NC(=O)N3CCCC(CO)C3)C2)c1. The highest BCUT2D eigenvalue weighted by Gasteiger charge is 2.27. The Morgan fingerprint density at radius 1 is 1.28 bits per heavy atom. The molecule has 2 N–H and O–H groups in total. The summed E-state index contributed by atoms with van der Waals surface area (Å²) in [6.45, 7) is 4.89. The topological polar surface area (TPSA) is 55.8 Å². The molecule has 2 saturated heterocycles. The number of hydrogen-bond donors (Lipinski definition) is 2. The van der Waals surface area contributed by atoms with Crippen LogP contribution in [0.25, 0.3) is 0 Å². The summed E-state index contributed by atoms with van der Waals surface area (Å²) in [7, 11) is 0. The summed E-state index contributed by atoms with van der Waals surface area (Å²) in [6.07, 6.45) is 3.75. The number of carbonyl (C=O) groups excluding carboxylic acids is 1. The lowest BCUT2D eigenvalue weighted by atomic mass is 9.99. The second-order valence-electron chi connectivity index (χ2n) is 7.33. The van der Waals surface area contributed by atoms with E-state index in [9.17, 15) is 14.3 Å². The van der Waals surface area contributed by atoms with Gasteiger partial charge in [-0.25, -0.2) is 9.18 Å². The number of anilines is 1. The number of amides is 2. The molecule has 0 saturated carbocycles. The summed E-state index contributed by atoms with van der Waals surface area (Å²) in [5.41, 5.74) is 1.66. The van der Waals surface area contributed by atoms with Gasteiger partial charge in [0, 0.05) is 38.8 Å². The number of aliphatic hydroxyl groups is 1. The average molecular weight is 349 g/mol. The Hall–Kier alpha value is -1.82. The summed E-state index contributed by atoms with van der Waals surface area (Å²) >= 11 is 0. The lowest BCUT2D eigenvalue weighted by Crippen LogP contribution is -2.53. The van der Waals surface area contributed by atoms with Crippen LogP contribution in [0.5, 0.6) is 0 Å². The third kappa shape index (κ3) is 4.42. The number of carbonyl (C=O) groups is 1. The van der Waals surface area contributed by atoms with Crippen LogP contribution in [0.3, 0.4) is 0 Å². The molecule has 0 radical (unpaired) electrons. The summed E-state index contributed by atoms with van der Waals surface area (Å²) in [6, 6.07) is 5.12. The van der Waals surface area contributed by atoms with Gasteiger partial charge in [-0.05, 0) is 56.2 Å². The smallest absolute Gasteiger partial charge is 0.317 e. The quantitative estimate of drug-likeness (QED) is 0.882. The maximum absolute atomic E-state index is 14.2. The van der Waals surface area contributed by atoms with E-state index in [0.717, 1.165) is 44.3 Å². The van der Waals surface area contributed by atoms with Gasteiger partial charge in [0.15, 0.2) is 0 Å². The monoisotopic (exact) mass is 349 g/mol. The fourth-order valence-electron chi connectivity index (χ4n) is 3.84. The molecule has 138 valence electrons. The van der Waals surface area contributed by atoms with Crippen molar-refractivity contribution in [2.45, 2.75) is 38.6 Å². The number of likely N-dealkylation sites (tertiary alicyclic amines) is 1. The molecule has 2 amide bonds. The van der Waals surface area contributed by atoms with Gasteiger partial charge in [-0.2, -0.15) is 0 Å². The van der Waals surface area contributed by atoms with Gasteiger partial charge in [-0.1, -0.05) is 6.07 Å². The second kappa shape index (κ2) is 8.04. The average Bonchev–Trinajstić information content (AvgIpc) is 2.64. The van der Waals surface area contributed by atoms with Gasteiger partial charge in [0.05, 0.1) is 5.69 Å². The molecule has 1 aromatic carbocycles. The molecule has 0 bridgehead atoms. The van der Waals surface area contributed by atoms with Crippen LogP contribution in [-0.4, -0.2) is 54.9 Å². The van der Waals surface area contributed by atoms with Crippen molar-refractivity contribution in [1.82, 2.24) is 10.2 Å². The molecule has 0 spiro atoms. The minimum atomic E-state index is -0.209. The van der Waals surface area contributed by atoms with E-state index in [2.05, 4.69) is 5.32 Å². The molecule has 1 aromatic rings. The molecule has 2 aliphatic heterocycles. The number of nitrogens with one attached hydrogen (secondary N) is 1. The van der Waals surface area contributed by atoms with Gasteiger partial charge in [-0.15, -0.1) is 0 Å². The van der Waals surface area contributed by atoms with Gasteiger partial charge in [0.1, 0.15) is 5.82 Å². The number of benzene rings is 1. The zero-order valence-electron chi connectivity index (χ0n) is 14.9. The minimum absolute atomic E-state index is 0.0238. The van der Waals surface area contributed by atoms with Crippen LogP contribution in [0.15, 0.2) is 18.2 Å². The molecule has 2 aliphatic rings. The Labute approximate surface area is 148 Å². The van der Waals surface area contributed by atoms with E-state index in [1.807, 2.05) is 17.9 Å². The van der Waals surface area contributed by atoms with Crippen molar-refractivity contribution < 1.29 is 14.3 Å². The Balaban J connectivity index is 1.60. The van der Waals surface area contributed by atoms with Gasteiger partial charge < -0.3 is 20.2 Å². The number of hydrogen-bond acceptors (Lipinski definition) is 3. The second-order valence-corrected chi connectivity index (χ2v) is 7.33. The van der Waals surface area contributed by atoms with Gasteiger partial charge in [-0.3, -0.25) is 0 Å². The van der Waals surface area contributed by atoms with Crippen LogP contribution in [0.2, 0.25) is 0 Å². The molecule has 6 heteroatoms. The van der Waals surface area contributed by atoms with Crippen molar-refractivity contribution in [3.05, 3.63) is 29.6 Å². The van der Waals surface area contributed by atoms with Crippen molar-refractivity contribution in [3.8, 4) is 0 Å². The van der Waals surface area contributed by atoms with Crippen molar-refractivity contribution in [2.24, 2.45) is 5.92 Å². The lowest BCUT2D eigenvalue weighted by molar-refractivity contribution is 0.127. The summed E-state index contributed by atoms with van der Waals surface area (Å²) in [5, 5.41) is 12.4. The van der Waals surface area contributed by atoms with Crippen molar-refractivity contribution >= 4 is 11.7 Å². The summed E-state index contributed by atoms with van der Waals surface area (Å²) in [4.78, 5) is 16.4. The summed E-state index contributed by atoms with van der Waals surface area (Å²) < 4.78 is 14.2. The molecule has 0 aliphatic carbocycles. The number of rotatable bonds is 3. The number of aliphatic hydroxyl groups excluding tert-OH is 1. The third-order valence-electron chi connectivity index (χ3n) is 5.26. The van der Waals surface area contributed by atoms with Crippen LogP contribution in [0, 0.1) is 18.7 Å². The zero-order chi connectivity index (χ0) is 17.8. The Morgan fingerprint density at radius 3 is 2.88 bits per heavy atom. The molecule has 25 heavy (non-hydrogen) atoms. The van der Waals surface area contributed by atoms with Gasteiger partial charge in [0.25, 0.3) is 0 Å². The summed E-state index contributed by atoms with van der Waals surface area (Å²) in [5.74, 6) is -0.0249. The predicted molar refractivity (Wildman–Crippen MR) is 96.3 cm³/mol. The molecule has 3 rings (SSSR count). The van der Waals surface area contributed by atoms with E-state index in [4.69, 9.17) is 0 Å². The molecule has 2 unspecified atom stereocenters. The third-order valence-corrected chi connectivity index (χ3v) is 5.26. The van der Waals surface area contributed by atoms with Gasteiger partial charge in [0.2, 0.25) is 0 Å². The number of urea groups is 1. The lowest BCUT2D eigenvalue weighted by Gasteiger charge is -2.37. The van der Waals surface area contributed by atoms with E-state index in [0.29, 0.717) is 18.8 Å². The van der Waals surface area contributed by atoms with Crippen molar-refractivity contribution in [3.63, 3.8) is 0 Å². The largest absolute Gasteiger partial charge is 0.396 e. The van der Waals surface area contributed by atoms with E-state index >= 15 is 0 Å². The maximum atomic E-state index is 14.2. The highest BCUT2D eigenvalue weighted by Crippen LogP contribution is 2.25. The Morgan fingerprint density at radius 2 is 2.08 bits per heavy atom. The van der Waals surface area contributed by atoms with Gasteiger partial charge >= 0.3 is 6.03 Å². The normalized spacial score (nSPS) is 24.3. The number of nitrogens with zero attached hydrogens (tertiary/aromatic N) is 2. The van der Waals surface area contributed by atoms with Crippen LogP contribution in [0.4, 0.5) is 14.9 Å². The van der Waals surface area contributed by atoms with Crippen LogP contribution < -0.4 is 10.2 Å². The molecule has 2 fully saturated rings. The molecule has 2 atom stereocenters. The molecular weight excluding hydrogens is 321 g/mol. The molecule has 0 aromatic heterocycles. The number of aryl methyl sites for hydroxylation is 1. The van der Waals surface area contributed by atoms with Crippen LogP contribution in [-0.2, 0) is 0 Å². The standard InChI is InChI=1S/C19H28FN3O2/c1-14-6-7-17(20)18(10-14)22-8-3-5-16(12-22)21-19(25)23-9-2-4-15(11-23)13-24/h6-7,10,15-16,24H,2-5,8-9,11-13H2,1H3,(H,21,25). The first-order chi connectivity index (χ1) is 12.1. The maximum Gasteiger partial charge on any atom is 0.317 e. The van der Waals surface area contributed by atoms with E-state index < -0.39 is 0 Å². The predicted octanol–water partition coefficient (Wildman–Crippen LogP) is 2.52. The first-order valence-corrected chi connectivity index (χ1v) is 9.24. The van der Waals surface area contributed by atoms with Crippen molar-refractivity contribution in [1.29, 1.82) is 0 Å². The van der Waals surface area contributed by atoms with Crippen LogP contribution >= 0.6 is 0 Å². The Kier molecular flexibility index (Phi) is 5.78. The Bertz CT molecular complexity index is 610. The highest BCUT2D eigenvalue weighted by molar-refractivity contribution is 5.74. The van der Waals surface area contributed by atoms with Crippen LogP contribution in [0.1, 0.15) is 31.2 Å². The zero-order valence-corrected chi connectivity index (χ0v) is 14.9. The van der Waals surface area contributed by atoms with E-state index in [-0.39, 0.29) is 30.4 Å². The molecule has 2 heterocycles. The minimum Gasteiger partial charge on any atom is -0.396 e. The fraction of sp³-hybridized carbons (Fsp3) is 0.632. The van der Waals surface area contributed by atoms with E-state index in [1.165, 1.54) is 6.07 Å². The first-order valence-electron chi connectivity index (χ1n) is 9.24. The fourth-order valence-corrected chi connectivity index (χ4v) is 3.84. The highest BCUT2D eigenvalue weighted by atomic mass is 19.1. The molecular formula is C19H28FN3O2. The van der Waals surface area contributed by atoms with E-state index in [1.54, 1.807) is 11.0 Å². The number of piperidine rings is 2. The van der Waals surface area contributed by atoms with Crippen molar-refractivity contribution in [2.75, 3.05) is 37.7 Å².